The fraction of sp³-hybridized carbons (Fsp3) is 0.0870. The Morgan fingerprint density at radius 1 is 0.840 bits per heavy atom. The molecule has 3 aromatic rings. The molecule has 2 heteroatoms. The minimum atomic E-state index is -0.329. The maximum Gasteiger partial charge on any atom is 0.331 e. The van der Waals surface area contributed by atoms with Crippen LogP contribution in [0.15, 0.2) is 91.0 Å². The zero-order chi connectivity index (χ0) is 17.5. The van der Waals surface area contributed by atoms with Crippen molar-refractivity contribution >= 4 is 11.5 Å². The van der Waals surface area contributed by atoms with Crippen LogP contribution in [-0.4, -0.2) is 12.6 Å². The fourth-order valence-corrected chi connectivity index (χ4v) is 2.82. The third kappa shape index (κ3) is 4.04. The van der Waals surface area contributed by atoms with Gasteiger partial charge in [0.05, 0.1) is 6.61 Å². The molecule has 0 aliphatic carbocycles. The molecule has 0 spiro atoms. The highest BCUT2D eigenvalue weighted by Crippen LogP contribution is 2.32. The molecule has 0 amide bonds. The molecule has 124 valence electrons. The van der Waals surface area contributed by atoms with Gasteiger partial charge in [0.15, 0.2) is 0 Å². The molecule has 0 unspecified atom stereocenters. The van der Waals surface area contributed by atoms with E-state index < -0.39 is 0 Å². The average molecular weight is 328 g/mol. The summed E-state index contributed by atoms with van der Waals surface area (Å²) in [5.41, 5.74) is 5.05. The van der Waals surface area contributed by atoms with Gasteiger partial charge in [0.2, 0.25) is 0 Å². The lowest BCUT2D eigenvalue weighted by Crippen LogP contribution is -2.02. The van der Waals surface area contributed by atoms with E-state index in [1.165, 1.54) is 0 Å². The first-order chi connectivity index (χ1) is 12.3. The summed E-state index contributed by atoms with van der Waals surface area (Å²) in [6.07, 6.45) is 1.58. The number of rotatable bonds is 5. The summed E-state index contributed by atoms with van der Waals surface area (Å²) in [6.45, 7) is 2.17. The SMILES string of the molecule is CCOC(=O)/C=C(\c1ccccc1)c1ccccc1-c1ccccc1. The molecule has 0 bridgehead atoms. The molecular weight excluding hydrogens is 308 g/mol. The highest BCUT2D eigenvalue weighted by Gasteiger charge is 2.13. The van der Waals surface area contributed by atoms with Gasteiger partial charge in [-0.1, -0.05) is 84.9 Å². The van der Waals surface area contributed by atoms with Crippen LogP contribution in [0.25, 0.3) is 16.7 Å². The predicted molar refractivity (Wildman–Crippen MR) is 102 cm³/mol. The van der Waals surface area contributed by atoms with Crippen molar-refractivity contribution in [2.75, 3.05) is 6.61 Å². The van der Waals surface area contributed by atoms with E-state index in [1.54, 1.807) is 6.08 Å². The van der Waals surface area contributed by atoms with E-state index in [4.69, 9.17) is 4.74 Å². The number of carbonyl (C=O) groups excluding carboxylic acids is 1. The van der Waals surface area contributed by atoms with E-state index in [1.807, 2.05) is 73.7 Å². The fourth-order valence-electron chi connectivity index (χ4n) is 2.82. The highest BCUT2D eigenvalue weighted by atomic mass is 16.5. The van der Waals surface area contributed by atoms with E-state index in [0.717, 1.165) is 27.8 Å². The number of hydrogen-bond acceptors (Lipinski definition) is 2. The molecule has 3 aromatic carbocycles. The van der Waals surface area contributed by atoms with Gasteiger partial charge < -0.3 is 4.74 Å². The Kier molecular flexibility index (Phi) is 5.43. The summed E-state index contributed by atoms with van der Waals surface area (Å²) >= 11 is 0. The van der Waals surface area contributed by atoms with Gasteiger partial charge in [-0.25, -0.2) is 4.79 Å². The minimum absolute atomic E-state index is 0.329. The van der Waals surface area contributed by atoms with Gasteiger partial charge in [-0.3, -0.25) is 0 Å². The van der Waals surface area contributed by atoms with Crippen LogP contribution in [0.5, 0.6) is 0 Å². The molecule has 0 radical (unpaired) electrons. The van der Waals surface area contributed by atoms with E-state index in [2.05, 4.69) is 18.2 Å². The summed E-state index contributed by atoms with van der Waals surface area (Å²) in [4.78, 5) is 12.1. The second kappa shape index (κ2) is 8.11. The zero-order valence-electron chi connectivity index (χ0n) is 14.2. The van der Waals surface area contributed by atoms with Crippen molar-refractivity contribution in [1.82, 2.24) is 0 Å². The van der Waals surface area contributed by atoms with Crippen molar-refractivity contribution in [3.63, 3.8) is 0 Å². The second-order valence-electron chi connectivity index (χ2n) is 5.59. The molecule has 0 saturated heterocycles. The normalized spacial score (nSPS) is 11.2. The lowest BCUT2D eigenvalue weighted by Gasteiger charge is -2.14. The highest BCUT2D eigenvalue weighted by molar-refractivity contribution is 5.99. The zero-order valence-corrected chi connectivity index (χ0v) is 14.2. The summed E-state index contributed by atoms with van der Waals surface area (Å²) in [5.74, 6) is -0.329. The number of esters is 1. The van der Waals surface area contributed by atoms with E-state index >= 15 is 0 Å². The molecular formula is C23H20O2. The number of carbonyl (C=O) groups is 1. The van der Waals surface area contributed by atoms with E-state index in [9.17, 15) is 4.79 Å². The van der Waals surface area contributed by atoms with Crippen LogP contribution in [0.2, 0.25) is 0 Å². The van der Waals surface area contributed by atoms with Crippen LogP contribution in [0.1, 0.15) is 18.1 Å². The maximum atomic E-state index is 12.1. The Hall–Kier alpha value is -3.13. The van der Waals surface area contributed by atoms with Crippen LogP contribution in [0.4, 0.5) is 0 Å². The Morgan fingerprint density at radius 2 is 1.44 bits per heavy atom. The van der Waals surface area contributed by atoms with Crippen molar-refractivity contribution in [1.29, 1.82) is 0 Å². The number of benzene rings is 3. The average Bonchev–Trinajstić information content (AvgIpc) is 2.68. The van der Waals surface area contributed by atoms with Crippen LogP contribution in [0.3, 0.4) is 0 Å². The van der Waals surface area contributed by atoms with E-state index in [-0.39, 0.29) is 5.97 Å². The Labute approximate surface area is 148 Å². The van der Waals surface area contributed by atoms with Crippen LogP contribution < -0.4 is 0 Å². The molecule has 2 nitrogen and oxygen atoms in total. The van der Waals surface area contributed by atoms with Crippen molar-refractivity contribution < 1.29 is 9.53 Å². The van der Waals surface area contributed by atoms with Gasteiger partial charge in [0.25, 0.3) is 0 Å². The van der Waals surface area contributed by atoms with Gasteiger partial charge in [0, 0.05) is 6.08 Å². The summed E-state index contributed by atoms with van der Waals surface area (Å²) in [7, 11) is 0. The van der Waals surface area contributed by atoms with Crippen LogP contribution in [-0.2, 0) is 9.53 Å². The third-order valence-corrected chi connectivity index (χ3v) is 3.94. The molecule has 0 fully saturated rings. The molecule has 0 aliphatic heterocycles. The predicted octanol–water partition coefficient (Wildman–Crippen LogP) is 5.35. The molecule has 3 rings (SSSR count). The van der Waals surface area contributed by atoms with Gasteiger partial charge in [-0.2, -0.15) is 0 Å². The molecule has 0 aromatic heterocycles. The number of hydrogen-bond donors (Lipinski definition) is 0. The summed E-state index contributed by atoms with van der Waals surface area (Å²) in [6, 6.07) is 28.2. The first kappa shape index (κ1) is 16.7. The Balaban J connectivity index is 2.17. The second-order valence-corrected chi connectivity index (χ2v) is 5.59. The largest absolute Gasteiger partial charge is 0.463 e. The lowest BCUT2D eigenvalue weighted by molar-refractivity contribution is -0.137. The smallest absolute Gasteiger partial charge is 0.331 e. The van der Waals surface area contributed by atoms with Gasteiger partial charge in [-0.15, -0.1) is 0 Å². The van der Waals surface area contributed by atoms with Crippen molar-refractivity contribution in [3.8, 4) is 11.1 Å². The topological polar surface area (TPSA) is 26.3 Å². The van der Waals surface area contributed by atoms with Crippen LogP contribution in [0, 0.1) is 0 Å². The standard InChI is InChI=1S/C23H20O2/c1-2-25-23(24)17-22(19-13-7-4-8-14-19)21-16-10-9-15-20(21)18-11-5-3-6-12-18/h3-17H,2H2,1H3/b22-17+. The summed E-state index contributed by atoms with van der Waals surface area (Å²) < 4.78 is 5.15. The first-order valence-corrected chi connectivity index (χ1v) is 8.38. The molecule has 0 aliphatic rings. The molecule has 0 atom stereocenters. The Bertz CT molecular complexity index is 865. The van der Waals surface area contributed by atoms with Crippen molar-refractivity contribution in [2.45, 2.75) is 6.92 Å². The first-order valence-electron chi connectivity index (χ1n) is 8.38. The van der Waals surface area contributed by atoms with Gasteiger partial charge in [0.1, 0.15) is 0 Å². The van der Waals surface area contributed by atoms with Crippen molar-refractivity contribution in [2.24, 2.45) is 0 Å². The van der Waals surface area contributed by atoms with Gasteiger partial charge in [-0.05, 0) is 34.8 Å². The summed E-state index contributed by atoms with van der Waals surface area (Å²) in [5, 5.41) is 0. The maximum absolute atomic E-state index is 12.1. The third-order valence-electron chi connectivity index (χ3n) is 3.94. The van der Waals surface area contributed by atoms with Crippen molar-refractivity contribution in [3.05, 3.63) is 102 Å². The number of ether oxygens (including phenoxy) is 1. The lowest BCUT2D eigenvalue weighted by atomic mass is 9.90. The molecule has 0 heterocycles. The molecule has 25 heavy (non-hydrogen) atoms. The van der Waals surface area contributed by atoms with Crippen LogP contribution >= 0.6 is 0 Å². The molecule has 0 saturated carbocycles. The minimum Gasteiger partial charge on any atom is -0.463 e. The quantitative estimate of drug-likeness (QED) is 0.466. The van der Waals surface area contributed by atoms with Gasteiger partial charge >= 0.3 is 5.97 Å². The monoisotopic (exact) mass is 328 g/mol. The molecule has 0 N–H and O–H groups in total. The van der Waals surface area contributed by atoms with E-state index in [0.29, 0.717) is 6.61 Å². The Morgan fingerprint density at radius 3 is 2.12 bits per heavy atom.